The zero-order valence-corrected chi connectivity index (χ0v) is 18.4. The van der Waals surface area contributed by atoms with Gasteiger partial charge >= 0.3 is 0 Å². The standard InChI is InChI=1S/C25H41FN2O/c1-2-3-4-5-6-7-8-9-10-11-12-13-14-15-16-20-25(29)28-27-22-23-18-17-19-24(26)21-23/h17-19,21-22H,2-16,20H2,1H3,(H,28,29)/b27-22-. The first kappa shape index (κ1) is 25.3. The molecule has 0 saturated heterocycles. The third kappa shape index (κ3) is 15.8. The third-order valence-corrected chi connectivity index (χ3v) is 5.26. The minimum absolute atomic E-state index is 0.0765. The Morgan fingerprint density at radius 2 is 1.38 bits per heavy atom. The van der Waals surface area contributed by atoms with Crippen LogP contribution in [0.2, 0.25) is 0 Å². The fourth-order valence-corrected chi connectivity index (χ4v) is 3.48. The van der Waals surface area contributed by atoms with Crippen LogP contribution in [0.15, 0.2) is 29.4 Å². The first-order chi connectivity index (χ1) is 14.2. The molecule has 3 nitrogen and oxygen atoms in total. The number of hydrazone groups is 1. The molecule has 0 aromatic heterocycles. The zero-order valence-electron chi connectivity index (χ0n) is 18.4. The van der Waals surface area contributed by atoms with Crippen molar-refractivity contribution in [1.29, 1.82) is 0 Å². The summed E-state index contributed by atoms with van der Waals surface area (Å²) in [6.45, 7) is 2.27. The lowest BCUT2D eigenvalue weighted by Crippen LogP contribution is -2.16. The molecule has 1 aromatic carbocycles. The van der Waals surface area contributed by atoms with Crippen LogP contribution in [0.3, 0.4) is 0 Å². The van der Waals surface area contributed by atoms with Gasteiger partial charge < -0.3 is 0 Å². The lowest BCUT2D eigenvalue weighted by atomic mass is 10.0. The maximum atomic E-state index is 13.0. The van der Waals surface area contributed by atoms with Crippen molar-refractivity contribution in [1.82, 2.24) is 5.43 Å². The molecule has 0 fully saturated rings. The van der Waals surface area contributed by atoms with E-state index in [2.05, 4.69) is 17.5 Å². The van der Waals surface area contributed by atoms with E-state index in [1.54, 1.807) is 12.1 Å². The Balaban J connectivity index is 1.84. The van der Waals surface area contributed by atoms with Crippen LogP contribution in [0.5, 0.6) is 0 Å². The molecule has 0 radical (unpaired) electrons. The second kappa shape index (κ2) is 18.3. The summed E-state index contributed by atoms with van der Waals surface area (Å²) in [5, 5.41) is 3.88. The van der Waals surface area contributed by atoms with Gasteiger partial charge in [-0.05, 0) is 24.1 Å². The van der Waals surface area contributed by atoms with Crippen LogP contribution in [-0.4, -0.2) is 12.1 Å². The summed E-state index contributed by atoms with van der Waals surface area (Å²) < 4.78 is 13.0. The van der Waals surface area contributed by atoms with E-state index in [9.17, 15) is 9.18 Å². The molecule has 1 amide bonds. The topological polar surface area (TPSA) is 41.5 Å². The van der Waals surface area contributed by atoms with E-state index < -0.39 is 0 Å². The van der Waals surface area contributed by atoms with E-state index in [0.717, 1.165) is 12.8 Å². The van der Waals surface area contributed by atoms with Gasteiger partial charge in [-0.3, -0.25) is 4.79 Å². The number of hydrogen-bond acceptors (Lipinski definition) is 2. The second-order valence-corrected chi connectivity index (χ2v) is 8.05. The van der Waals surface area contributed by atoms with E-state index in [0.29, 0.717) is 12.0 Å². The Labute approximate surface area is 177 Å². The van der Waals surface area contributed by atoms with Crippen molar-refractivity contribution in [2.45, 2.75) is 110 Å². The smallest absolute Gasteiger partial charge is 0.240 e. The molecule has 0 saturated carbocycles. The van der Waals surface area contributed by atoms with Crippen molar-refractivity contribution < 1.29 is 9.18 Å². The third-order valence-electron chi connectivity index (χ3n) is 5.26. The first-order valence-corrected chi connectivity index (χ1v) is 11.8. The van der Waals surface area contributed by atoms with E-state index in [4.69, 9.17) is 0 Å². The van der Waals surface area contributed by atoms with E-state index >= 15 is 0 Å². The number of unbranched alkanes of at least 4 members (excludes halogenated alkanes) is 14. The molecule has 0 unspecified atom stereocenters. The molecule has 0 bridgehead atoms. The van der Waals surface area contributed by atoms with Crippen LogP contribution in [0.25, 0.3) is 0 Å². The van der Waals surface area contributed by atoms with Gasteiger partial charge in [0.05, 0.1) is 6.21 Å². The summed E-state index contributed by atoms with van der Waals surface area (Å²) in [5.41, 5.74) is 3.14. The number of amides is 1. The highest BCUT2D eigenvalue weighted by molar-refractivity contribution is 5.82. The molecule has 0 atom stereocenters. The minimum atomic E-state index is -0.307. The SMILES string of the molecule is CCCCCCCCCCCCCCCCCC(=O)N/N=C\c1cccc(F)c1. The van der Waals surface area contributed by atoms with Gasteiger partial charge in [-0.25, -0.2) is 9.82 Å². The highest BCUT2D eigenvalue weighted by atomic mass is 19.1. The largest absolute Gasteiger partial charge is 0.273 e. The van der Waals surface area contributed by atoms with Gasteiger partial charge in [-0.2, -0.15) is 5.10 Å². The molecule has 1 rings (SSSR count). The van der Waals surface area contributed by atoms with E-state index in [1.807, 2.05) is 0 Å². The predicted molar refractivity (Wildman–Crippen MR) is 122 cm³/mol. The Morgan fingerprint density at radius 1 is 0.862 bits per heavy atom. The van der Waals surface area contributed by atoms with Crippen molar-refractivity contribution in [3.8, 4) is 0 Å². The number of hydrogen-bond donors (Lipinski definition) is 1. The van der Waals surface area contributed by atoms with Gasteiger partial charge in [0.25, 0.3) is 0 Å². The summed E-state index contributed by atoms with van der Waals surface area (Å²) in [7, 11) is 0. The molecule has 164 valence electrons. The lowest BCUT2D eigenvalue weighted by molar-refractivity contribution is -0.121. The fourth-order valence-electron chi connectivity index (χ4n) is 3.48. The molecule has 0 aliphatic heterocycles. The summed E-state index contributed by atoms with van der Waals surface area (Å²) in [4.78, 5) is 11.7. The average molecular weight is 405 g/mol. The van der Waals surface area contributed by atoms with Gasteiger partial charge in [0.1, 0.15) is 5.82 Å². The number of rotatable bonds is 18. The summed E-state index contributed by atoms with van der Waals surface area (Å²) in [5.74, 6) is -0.384. The van der Waals surface area contributed by atoms with Crippen LogP contribution < -0.4 is 5.43 Å². The monoisotopic (exact) mass is 404 g/mol. The van der Waals surface area contributed by atoms with Crippen LogP contribution in [0.1, 0.15) is 115 Å². The Morgan fingerprint density at radius 3 is 1.90 bits per heavy atom. The first-order valence-electron chi connectivity index (χ1n) is 11.8. The lowest BCUT2D eigenvalue weighted by Gasteiger charge is -2.03. The molecule has 0 aliphatic rings. The molecule has 4 heteroatoms. The van der Waals surface area contributed by atoms with Crippen LogP contribution in [-0.2, 0) is 4.79 Å². The molecule has 29 heavy (non-hydrogen) atoms. The zero-order chi connectivity index (χ0) is 21.0. The molecule has 0 aliphatic carbocycles. The highest BCUT2D eigenvalue weighted by Gasteiger charge is 2.00. The van der Waals surface area contributed by atoms with Crippen molar-refractivity contribution >= 4 is 12.1 Å². The molecular weight excluding hydrogens is 363 g/mol. The second-order valence-electron chi connectivity index (χ2n) is 8.05. The van der Waals surface area contributed by atoms with Crippen molar-refractivity contribution in [3.05, 3.63) is 35.6 Å². The Hall–Kier alpha value is -1.71. The molecule has 0 spiro atoms. The van der Waals surface area contributed by atoms with E-state index in [1.165, 1.54) is 102 Å². The van der Waals surface area contributed by atoms with Gasteiger partial charge in [-0.1, -0.05) is 109 Å². The highest BCUT2D eigenvalue weighted by Crippen LogP contribution is 2.13. The Kier molecular flexibility index (Phi) is 16.0. The number of benzene rings is 1. The summed E-state index contributed by atoms with van der Waals surface area (Å²) >= 11 is 0. The number of nitrogens with zero attached hydrogens (tertiary/aromatic N) is 1. The number of carbonyl (C=O) groups excluding carboxylic acids is 1. The van der Waals surface area contributed by atoms with E-state index in [-0.39, 0.29) is 11.7 Å². The quantitative estimate of drug-likeness (QED) is 0.153. The van der Waals surface area contributed by atoms with Gasteiger partial charge in [0, 0.05) is 6.42 Å². The van der Waals surface area contributed by atoms with Crippen molar-refractivity contribution in [3.63, 3.8) is 0 Å². The maximum absolute atomic E-state index is 13.0. The van der Waals surface area contributed by atoms with Crippen molar-refractivity contribution in [2.24, 2.45) is 5.10 Å². The average Bonchev–Trinajstić information content (AvgIpc) is 2.71. The van der Waals surface area contributed by atoms with Crippen molar-refractivity contribution in [2.75, 3.05) is 0 Å². The minimum Gasteiger partial charge on any atom is -0.273 e. The van der Waals surface area contributed by atoms with Gasteiger partial charge in [-0.15, -0.1) is 0 Å². The van der Waals surface area contributed by atoms with Gasteiger partial charge in [0.2, 0.25) is 5.91 Å². The fraction of sp³-hybridized carbons (Fsp3) is 0.680. The number of halogens is 1. The predicted octanol–water partition coefficient (Wildman–Crippen LogP) is 7.54. The van der Waals surface area contributed by atoms with Crippen LogP contribution in [0, 0.1) is 5.82 Å². The van der Waals surface area contributed by atoms with Gasteiger partial charge in [0.15, 0.2) is 0 Å². The molecular formula is C25H41FN2O. The number of carbonyl (C=O) groups is 1. The Bertz CT molecular complexity index is 560. The van der Waals surface area contributed by atoms with Crippen LogP contribution >= 0.6 is 0 Å². The molecule has 1 aromatic rings. The normalized spacial score (nSPS) is 11.2. The molecule has 1 N–H and O–H groups in total. The summed E-state index contributed by atoms with van der Waals surface area (Å²) in [6.07, 6.45) is 21.7. The molecule has 0 heterocycles. The number of nitrogens with one attached hydrogen (secondary N) is 1. The summed E-state index contributed by atoms with van der Waals surface area (Å²) in [6, 6.07) is 6.12. The maximum Gasteiger partial charge on any atom is 0.240 e. The van der Waals surface area contributed by atoms with Crippen LogP contribution in [0.4, 0.5) is 4.39 Å².